The van der Waals surface area contributed by atoms with E-state index in [1.165, 1.54) is 37.0 Å². The van der Waals surface area contributed by atoms with E-state index in [1.807, 2.05) is 6.07 Å². The van der Waals surface area contributed by atoms with Gasteiger partial charge in [-0.3, -0.25) is 14.2 Å². The summed E-state index contributed by atoms with van der Waals surface area (Å²) in [5.41, 5.74) is -0.706. The summed E-state index contributed by atoms with van der Waals surface area (Å²) in [6.45, 7) is 1.79. The molecule has 2 aromatic heterocycles. The van der Waals surface area contributed by atoms with Crippen molar-refractivity contribution in [3.8, 4) is 28.8 Å². The lowest BCUT2D eigenvalue weighted by atomic mass is 10.1. The summed E-state index contributed by atoms with van der Waals surface area (Å²) in [6.07, 6.45) is -3.16. The number of rotatable bonds is 7. The molecule has 0 unspecified atom stereocenters. The van der Waals surface area contributed by atoms with Crippen molar-refractivity contribution >= 4 is 5.91 Å². The van der Waals surface area contributed by atoms with Crippen molar-refractivity contribution in [2.75, 3.05) is 20.3 Å². The average molecular weight is 522 g/mol. The van der Waals surface area contributed by atoms with Crippen LogP contribution in [0.15, 0.2) is 65.6 Å². The quantitative estimate of drug-likeness (QED) is 0.371. The van der Waals surface area contributed by atoms with Gasteiger partial charge in [-0.2, -0.15) is 23.5 Å². The predicted molar refractivity (Wildman–Crippen MR) is 131 cm³/mol. The minimum Gasteiger partial charge on any atom is -0.383 e. The molecule has 0 saturated heterocycles. The SMILES string of the molecule is COCCNC(=O)c1nc(-c2ccnn2-c2ccc(C#N)cc2)c(C)n(-c2cccc(C(F)(F)F)c2)c1=O. The zero-order valence-corrected chi connectivity index (χ0v) is 20.3. The van der Waals surface area contributed by atoms with Crippen molar-refractivity contribution in [3.63, 3.8) is 0 Å². The number of carbonyl (C=O) groups excluding carboxylic acids is 1. The van der Waals surface area contributed by atoms with E-state index < -0.39 is 28.9 Å². The molecular formula is C26H21F3N6O3. The number of nitriles is 1. The van der Waals surface area contributed by atoms with Gasteiger partial charge in [0.2, 0.25) is 0 Å². The first-order valence-electron chi connectivity index (χ1n) is 11.3. The Balaban J connectivity index is 1.95. The van der Waals surface area contributed by atoms with Gasteiger partial charge in [0.05, 0.1) is 47.1 Å². The second-order valence-corrected chi connectivity index (χ2v) is 8.12. The fourth-order valence-corrected chi connectivity index (χ4v) is 3.84. The van der Waals surface area contributed by atoms with Gasteiger partial charge in [-0.25, -0.2) is 9.67 Å². The number of aromatic nitrogens is 4. The maximum Gasteiger partial charge on any atom is 0.416 e. The molecule has 9 nitrogen and oxygen atoms in total. The zero-order chi connectivity index (χ0) is 27.4. The number of hydrogen-bond acceptors (Lipinski definition) is 6. The lowest BCUT2D eigenvalue weighted by molar-refractivity contribution is -0.137. The van der Waals surface area contributed by atoms with Gasteiger partial charge < -0.3 is 10.1 Å². The minimum atomic E-state index is -4.64. The summed E-state index contributed by atoms with van der Waals surface area (Å²) in [5, 5.41) is 15.9. The normalized spacial score (nSPS) is 11.3. The van der Waals surface area contributed by atoms with Gasteiger partial charge >= 0.3 is 6.18 Å². The summed E-state index contributed by atoms with van der Waals surface area (Å²) in [7, 11) is 1.44. The van der Waals surface area contributed by atoms with E-state index >= 15 is 0 Å². The van der Waals surface area contributed by atoms with Crippen LogP contribution in [0.3, 0.4) is 0 Å². The van der Waals surface area contributed by atoms with Gasteiger partial charge in [0.15, 0.2) is 5.69 Å². The molecule has 0 aliphatic carbocycles. The van der Waals surface area contributed by atoms with Gasteiger partial charge in [-0.05, 0) is 55.5 Å². The maximum absolute atomic E-state index is 13.5. The number of amides is 1. The lowest BCUT2D eigenvalue weighted by Gasteiger charge is -2.18. The van der Waals surface area contributed by atoms with Crippen molar-refractivity contribution in [1.29, 1.82) is 5.26 Å². The van der Waals surface area contributed by atoms with Gasteiger partial charge in [0.25, 0.3) is 11.5 Å². The van der Waals surface area contributed by atoms with Gasteiger partial charge in [0.1, 0.15) is 5.69 Å². The molecule has 0 saturated carbocycles. The fraction of sp³-hybridized carbons (Fsp3) is 0.192. The average Bonchev–Trinajstić information content (AvgIpc) is 3.38. The summed E-state index contributed by atoms with van der Waals surface area (Å²) < 4.78 is 47.8. The topological polar surface area (TPSA) is 115 Å². The smallest absolute Gasteiger partial charge is 0.383 e. The van der Waals surface area contributed by atoms with E-state index in [2.05, 4.69) is 15.4 Å². The van der Waals surface area contributed by atoms with E-state index in [-0.39, 0.29) is 30.2 Å². The number of methoxy groups -OCH3 is 1. The maximum atomic E-state index is 13.5. The van der Waals surface area contributed by atoms with Crippen LogP contribution in [0.4, 0.5) is 13.2 Å². The van der Waals surface area contributed by atoms with Crippen LogP contribution in [0.25, 0.3) is 22.8 Å². The fourth-order valence-electron chi connectivity index (χ4n) is 3.84. The molecule has 38 heavy (non-hydrogen) atoms. The second-order valence-electron chi connectivity index (χ2n) is 8.12. The molecule has 0 spiro atoms. The van der Waals surface area contributed by atoms with Crippen molar-refractivity contribution in [1.82, 2.24) is 24.6 Å². The molecular weight excluding hydrogens is 501 g/mol. The Morgan fingerprint density at radius 1 is 1.13 bits per heavy atom. The van der Waals surface area contributed by atoms with E-state index in [0.29, 0.717) is 16.9 Å². The largest absolute Gasteiger partial charge is 0.416 e. The Kier molecular flexibility index (Phi) is 7.40. The Morgan fingerprint density at radius 2 is 1.87 bits per heavy atom. The Bertz CT molecular complexity index is 1580. The number of benzene rings is 2. The molecule has 1 N–H and O–H groups in total. The molecule has 0 aliphatic heterocycles. The second kappa shape index (κ2) is 10.7. The van der Waals surface area contributed by atoms with Gasteiger partial charge in [-0.1, -0.05) is 6.07 Å². The van der Waals surface area contributed by atoms with Gasteiger partial charge in [-0.15, -0.1) is 0 Å². The Morgan fingerprint density at radius 3 is 2.53 bits per heavy atom. The van der Waals surface area contributed by atoms with Crippen LogP contribution in [0, 0.1) is 18.3 Å². The number of nitrogens with one attached hydrogen (secondary N) is 1. The third-order valence-electron chi connectivity index (χ3n) is 5.67. The van der Waals surface area contributed by atoms with Crippen LogP contribution in [-0.2, 0) is 10.9 Å². The molecule has 0 fully saturated rings. The van der Waals surface area contributed by atoms with E-state index in [9.17, 15) is 22.8 Å². The van der Waals surface area contributed by atoms with E-state index in [4.69, 9.17) is 10.00 Å². The van der Waals surface area contributed by atoms with Crippen LogP contribution in [0.1, 0.15) is 27.3 Å². The lowest BCUT2D eigenvalue weighted by Crippen LogP contribution is -2.36. The molecule has 2 heterocycles. The van der Waals surface area contributed by atoms with Crippen LogP contribution in [0.2, 0.25) is 0 Å². The van der Waals surface area contributed by atoms with Gasteiger partial charge in [0, 0.05) is 19.3 Å². The van der Waals surface area contributed by atoms with Crippen molar-refractivity contribution in [3.05, 3.63) is 93.7 Å². The summed E-state index contributed by atoms with van der Waals surface area (Å²) >= 11 is 0. The number of ether oxygens (including phenoxy) is 1. The summed E-state index contributed by atoms with van der Waals surface area (Å²) in [4.78, 5) is 30.7. The number of alkyl halides is 3. The van der Waals surface area contributed by atoms with Crippen LogP contribution in [0.5, 0.6) is 0 Å². The molecule has 0 bridgehead atoms. The first-order chi connectivity index (χ1) is 18.2. The molecule has 0 radical (unpaired) electrons. The Labute approximate surface area is 214 Å². The van der Waals surface area contributed by atoms with Crippen LogP contribution < -0.4 is 10.9 Å². The molecule has 0 aliphatic rings. The molecule has 2 aromatic carbocycles. The number of hydrogen-bond donors (Lipinski definition) is 1. The highest BCUT2D eigenvalue weighted by atomic mass is 19.4. The molecule has 12 heteroatoms. The number of carbonyl (C=O) groups is 1. The first-order valence-corrected chi connectivity index (χ1v) is 11.3. The Hall–Kier alpha value is -4.76. The van der Waals surface area contributed by atoms with Crippen LogP contribution in [-0.4, -0.2) is 45.5 Å². The third-order valence-corrected chi connectivity index (χ3v) is 5.67. The summed E-state index contributed by atoms with van der Waals surface area (Å²) in [6, 6.07) is 14.4. The molecule has 194 valence electrons. The predicted octanol–water partition coefficient (Wildman–Crippen LogP) is 3.66. The molecule has 0 atom stereocenters. The van der Waals surface area contributed by atoms with Crippen LogP contribution >= 0.6 is 0 Å². The molecule has 4 aromatic rings. The highest BCUT2D eigenvalue weighted by Gasteiger charge is 2.31. The third kappa shape index (κ3) is 5.18. The van der Waals surface area contributed by atoms with Crippen molar-refractivity contribution < 1.29 is 22.7 Å². The standard InChI is InChI=1S/C26H21F3N6O3/c1-16-22(21-10-11-32-35(21)19-8-6-17(15-30)7-9-19)33-23(24(36)31-12-13-38-2)25(37)34(16)20-5-3-4-18(14-20)26(27,28)29/h3-11,14H,12-13H2,1-2H3,(H,31,36). The van der Waals surface area contributed by atoms with Crippen molar-refractivity contribution in [2.24, 2.45) is 0 Å². The molecule has 4 rings (SSSR count). The van der Waals surface area contributed by atoms with E-state index in [1.54, 1.807) is 30.3 Å². The molecule has 1 amide bonds. The highest BCUT2D eigenvalue weighted by Crippen LogP contribution is 2.31. The number of halogens is 3. The monoisotopic (exact) mass is 522 g/mol. The minimum absolute atomic E-state index is 0.0821. The summed E-state index contributed by atoms with van der Waals surface area (Å²) in [5.74, 6) is -0.807. The van der Waals surface area contributed by atoms with E-state index in [0.717, 1.165) is 16.7 Å². The first kappa shape index (κ1) is 26.3. The zero-order valence-electron chi connectivity index (χ0n) is 20.3. The number of nitrogens with zero attached hydrogens (tertiary/aromatic N) is 5. The highest BCUT2D eigenvalue weighted by molar-refractivity contribution is 5.92. The van der Waals surface area contributed by atoms with Crippen molar-refractivity contribution in [2.45, 2.75) is 13.1 Å².